The molecule has 7 nitrogen and oxygen atoms in total. The van der Waals surface area contributed by atoms with Crippen LogP contribution in [-0.4, -0.2) is 78.3 Å². The molecule has 0 aliphatic carbocycles. The Labute approximate surface area is 184 Å². The highest BCUT2D eigenvalue weighted by Crippen LogP contribution is 2.26. The summed E-state index contributed by atoms with van der Waals surface area (Å²) >= 11 is 0. The van der Waals surface area contributed by atoms with E-state index in [-0.39, 0.29) is 23.6 Å². The molecule has 3 saturated heterocycles. The minimum atomic E-state index is 0.00926. The lowest BCUT2D eigenvalue weighted by Gasteiger charge is -2.39. The van der Waals surface area contributed by atoms with Crippen molar-refractivity contribution in [1.29, 1.82) is 0 Å². The Balaban J connectivity index is 1.21. The van der Waals surface area contributed by atoms with Crippen LogP contribution in [-0.2, 0) is 20.8 Å². The zero-order valence-corrected chi connectivity index (χ0v) is 18.4. The van der Waals surface area contributed by atoms with E-state index < -0.39 is 0 Å². The van der Waals surface area contributed by atoms with Gasteiger partial charge in [0.25, 0.3) is 0 Å². The predicted octanol–water partition coefficient (Wildman–Crippen LogP) is 2.09. The number of benzene rings is 1. The number of carbonyl (C=O) groups excluding carboxylic acids is 3. The first-order valence-corrected chi connectivity index (χ1v) is 11.5. The van der Waals surface area contributed by atoms with Gasteiger partial charge in [0.05, 0.1) is 13.5 Å². The van der Waals surface area contributed by atoms with Crippen LogP contribution < -0.4 is 4.74 Å². The second-order valence-electron chi connectivity index (χ2n) is 8.93. The van der Waals surface area contributed by atoms with Gasteiger partial charge in [-0.2, -0.15) is 0 Å². The van der Waals surface area contributed by atoms with E-state index in [2.05, 4.69) is 0 Å². The molecule has 3 aliphatic rings. The maximum absolute atomic E-state index is 13.0. The Morgan fingerprint density at radius 2 is 1.58 bits per heavy atom. The Hall–Kier alpha value is -2.57. The van der Waals surface area contributed by atoms with Gasteiger partial charge in [-0.05, 0) is 49.8 Å². The van der Waals surface area contributed by atoms with Crippen LogP contribution in [0.15, 0.2) is 24.3 Å². The van der Waals surface area contributed by atoms with Gasteiger partial charge in [0.2, 0.25) is 17.7 Å². The molecule has 0 spiro atoms. The summed E-state index contributed by atoms with van der Waals surface area (Å²) in [6.07, 6.45) is 5.26. The van der Waals surface area contributed by atoms with Crippen LogP contribution in [0.2, 0.25) is 0 Å². The maximum atomic E-state index is 13.0. The van der Waals surface area contributed by atoms with Crippen molar-refractivity contribution in [1.82, 2.24) is 14.7 Å². The van der Waals surface area contributed by atoms with Crippen molar-refractivity contribution in [2.75, 3.05) is 39.8 Å². The van der Waals surface area contributed by atoms with Gasteiger partial charge in [0.1, 0.15) is 5.75 Å². The van der Waals surface area contributed by atoms with Crippen molar-refractivity contribution in [3.05, 3.63) is 29.8 Å². The van der Waals surface area contributed by atoms with Crippen molar-refractivity contribution < 1.29 is 19.1 Å². The van der Waals surface area contributed by atoms with Crippen LogP contribution >= 0.6 is 0 Å². The van der Waals surface area contributed by atoms with Crippen LogP contribution in [0.25, 0.3) is 0 Å². The van der Waals surface area contributed by atoms with E-state index in [0.717, 1.165) is 63.1 Å². The third-order valence-corrected chi connectivity index (χ3v) is 7.04. The average Bonchev–Trinajstić information content (AvgIpc) is 3.25. The van der Waals surface area contributed by atoms with Gasteiger partial charge in [-0.1, -0.05) is 12.1 Å². The second kappa shape index (κ2) is 9.71. The number of nitrogens with zero attached hydrogens (tertiary/aromatic N) is 3. The van der Waals surface area contributed by atoms with E-state index in [1.54, 1.807) is 7.11 Å². The van der Waals surface area contributed by atoms with Crippen molar-refractivity contribution in [2.24, 2.45) is 5.92 Å². The number of ether oxygens (including phenoxy) is 1. The van der Waals surface area contributed by atoms with Crippen molar-refractivity contribution in [3.63, 3.8) is 0 Å². The first-order valence-electron chi connectivity index (χ1n) is 11.5. The number of rotatable bonds is 5. The molecule has 3 amide bonds. The molecule has 31 heavy (non-hydrogen) atoms. The summed E-state index contributed by atoms with van der Waals surface area (Å²) in [5.74, 6) is 1.42. The molecule has 1 aromatic carbocycles. The van der Waals surface area contributed by atoms with Crippen molar-refractivity contribution in [3.8, 4) is 5.75 Å². The van der Waals surface area contributed by atoms with Gasteiger partial charge in [-0.3, -0.25) is 14.4 Å². The van der Waals surface area contributed by atoms with Gasteiger partial charge >= 0.3 is 0 Å². The Kier molecular flexibility index (Phi) is 6.78. The van der Waals surface area contributed by atoms with E-state index in [4.69, 9.17) is 4.74 Å². The van der Waals surface area contributed by atoms with Gasteiger partial charge in [0, 0.05) is 51.1 Å². The number of hydrogen-bond donors (Lipinski definition) is 0. The van der Waals surface area contributed by atoms with Crippen molar-refractivity contribution >= 4 is 17.7 Å². The summed E-state index contributed by atoms with van der Waals surface area (Å²) in [4.78, 5) is 43.5. The molecule has 4 rings (SSSR count). The molecule has 1 aromatic rings. The number of methoxy groups -OCH3 is 1. The fraction of sp³-hybridized carbons (Fsp3) is 0.625. The Morgan fingerprint density at radius 3 is 2.16 bits per heavy atom. The normalized spacial score (nSPS) is 20.9. The molecular weight excluding hydrogens is 394 g/mol. The summed E-state index contributed by atoms with van der Waals surface area (Å²) in [5, 5.41) is 0. The molecule has 0 aromatic heterocycles. The monoisotopic (exact) mass is 427 g/mol. The molecule has 168 valence electrons. The lowest BCUT2D eigenvalue weighted by Crippen LogP contribution is -2.50. The number of likely N-dealkylation sites (tertiary alicyclic amines) is 3. The highest BCUT2D eigenvalue weighted by molar-refractivity contribution is 5.81. The molecule has 3 fully saturated rings. The zero-order chi connectivity index (χ0) is 21.8. The third kappa shape index (κ3) is 5.02. The Bertz CT molecular complexity index is 794. The fourth-order valence-corrected chi connectivity index (χ4v) is 5.12. The summed E-state index contributed by atoms with van der Waals surface area (Å²) in [6.45, 7) is 3.64. The number of amides is 3. The standard InChI is InChI=1S/C24H33N3O4/c1-31-21-6-4-18(5-7-21)17-23(29)25-13-8-19(9-14-25)24(30)26-15-10-20(11-16-26)27-12-2-3-22(27)28/h4-7,19-20H,2-3,8-17H2,1H3. The van der Waals surface area contributed by atoms with Crippen LogP contribution in [0.5, 0.6) is 5.75 Å². The fourth-order valence-electron chi connectivity index (χ4n) is 5.12. The van der Waals surface area contributed by atoms with Crippen molar-refractivity contribution in [2.45, 2.75) is 51.0 Å². The SMILES string of the molecule is COc1ccc(CC(=O)N2CCC(C(=O)N3CCC(N4CCCC4=O)CC3)CC2)cc1. The first kappa shape index (κ1) is 21.7. The minimum Gasteiger partial charge on any atom is -0.497 e. The largest absolute Gasteiger partial charge is 0.497 e. The third-order valence-electron chi connectivity index (χ3n) is 7.04. The van der Waals surface area contributed by atoms with Crippen LogP contribution in [0.4, 0.5) is 0 Å². The topological polar surface area (TPSA) is 70.2 Å². The van der Waals surface area contributed by atoms with Gasteiger partial charge < -0.3 is 19.4 Å². The molecule has 0 radical (unpaired) electrons. The molecule has 0 bridgehead atoms. The zero-order valence-electron chi connectivity index (χ0n) is 18.4. The summed E-state index contributed by atoms with van der Waals surface area (Å²) in [7, 11) is 1.63. The number of hydrogen-bond acceptors (Lipinski definition) is 4. The van der Waals surface area contributed by atoms with E-state index in [1.165, 1.54) is 0 Å². The first-order chi connectivity index (χ1) is 15.0. The van der Waals surface area contributed by atoms with Gasteiger partial charge in [-0.15, -0.1) is 0 Å². The number of piperidine rings is 2. The molecular formula is C24H33N3O4. The van der Waals surface area contributed by atoms with E-state index in [9.17, 15) is 14.4 Å². The molecule has 0 saturated carbocycles. The molecule has 0 atom stereocenters. The molecule has 3 heterocycles. The minimum absolute atomic E-state index is 0.00926. The summed E-state index contributed by atoms with van der Waals surface area (Å²) in [5.41, 5.74) is 0.975. The lowest BCUT2D eigenvalue weighted by molar-refractivity contribution is -0.142. The van der Waals surface area contributed by atoms with E-state index >= 15 is 0 Å². The predicted molar refractivity (Wildman–Crippen MR) is 117 cm³/mol. The highest BCUT2D eigenvalue weighted by Gasteiger charge is 2.35. The number of carbonyl (C=O) groups is 3. The van der Waals surface area contributed by atoms with Gasteiger partial charge in [0.15, 0.2) is 0 Å². The molecule has 0 N–H and O–H groups in total. The van der Waals surface area contributed by atoms with E-state index in [0.29, 0.717) is 32.0 Å². The summed E-state index contributed by atoms with van der Waals surface area (Å²) < 4.78 is 5.16. The quantitative estimate of drug-likeness (QED) is 0.722. The summed E-state index contributed by atoms with van der Waals surface area (Å²) in [6, 6.07) is 7.89. The van der Waals surface area contributed by atoms with Gasteiger partial charge in [-0.25, -0.2) is 0 Å². The smallest absolute Gasteiger partial charge is 0.226 e. The van der Waals surface area contributed by atoms with E-state index in [1.807, 2.05) is 39.0 Å². The maximum Gasteiger partial charge on any atom is 0.226 e. The highest BCUT2D eigenvalue weighted by atomic mass is 16.5. The van der Waals surface area contributed by atoms with Crippen LogP contribution in [0, 0.1) is 5.92 Å². The molecule has 7 heteroatoms. The van der Waals surface area contributed by atoms with Crippen LogP contribution in [0.1, 0.15) is 44.1 Å². The Morgan fingerprint density at radius 1 is 0.935 bits per heavy atom. The van der Waals surface area contributed by atoms with Crippen LogP contribution in [0.3, 0.4) is 0 Å². The molecule has 0 unspecified atom stereocenters. The average molecular weight is 428 g/mol. The molecule has 3 aliphatic heterocycles. The second-order valence-corrected chi connectivity index (χ2v) is 8.93. The lowest BCUT2D eigenvalue weighted by atomic mass is 9.93.